The van der Waals surface area contributed by atoms with E-state index < -0.39 is 5.76 Å². The van der Waals surface area contributed by atoms with Gasteiger partial charge >= 0.3 is 0 Å². The Balaban J connectivity index is 1.94. The zero-order valence-electron chi connectivity index (χ0n) is 12.9. The van der Waals surface area contributed by atoms with Gasteiger partial charge in [0.1, 0.15) is 0 Å². The first kappa shape index (κ1) is 17.9. The molecule has 0 unspecified atom stereocenters. The molecule has 0 radical (unpaired) electrons. The van der Waals surface area contributed by atoms with Gasteiger partial charge in [-0.2, -0.15) is 8.78 Å². The molecule has 0 heterocycles. The fourth-order valence-corrected chi connectivity index (χ4v) is 2.53. The highest BCUT2D eigenvalue weighted by Gasteiger charge is 2.08. The fraction of sp³-hybridized carbons (Fsp3) is 0.176. The molecule has 0 aliphatic heterocycles. The molecule has 0 aliphatic carbocycles. The second-order valence-corrected chi connectivity index (χ2v) is 6.03. The van der Waals surface area contributed by atoms with Gasteiger partial charge in [0.25, 0.3) is 11.7 Å². The monoisotopic (exact) mass is 350 g/mol. The Kier molecular flexibility index (Phi) is 6.31. The predicted octanol–water partition coefficient (Wildman–Crippen LogP) is 3.89. The number of rotatable bonds is 6. The lowest BCUT2D eigenvalue weighted by Crippen LogP contribution is -2.22. The third kappa shape index (κ3) is 5.66. The highest BCUT2D eigenvalue weighted by atomic mass is 32.2. The van der Waals surface area contributed by atoms with E-state index in [1.807, 2.05) is 6.07 Å². The number of amides is 2. The van der Waals surface area contributed by atoms with Gasteiger partial charge in [-0.25, -0.2) is 0 Å². The molecule has 7 heteroatoms. The summed E-state index contributed by atoms with van der Waals surface area (Å²) < 4.78 is 24.5. The maximum atomic E-state index is 12.3. The number of hydrogen-bond donors (Lipinski definition) is 2. The molecule has 0 aromatic heterocycles. The molecule has 0 saturated carbocycles. The summed E-state index contributed by atoms with van der Waals surface area (Å²) in [6, 6.07) is 13.1. The Labute approximate surface area is 142 Å². The summed E-state index contributed by atoms with van der Waals surface area (Å²) in [6.45, 7) is 1.71. The van der Waals surface area contributed by atoms with Crippen LogP contribution in [-0.4, -0.2) is 17.6 Å². The van der Waals surface area contributed by atoms with Gasteiger partial charge < -0.3 is 10.6 Å². The van der Waals surface area contributed by atoms with E-state index in [9.17, 15) is 18.4 Å². The quantitative estimate of drug-likeness (QED) is 0.777. The van der Waals surface area contributed by atoms with Crippen molar-refractivity contribution in [1.82, 2.24) is 5.32 Å². The second-order valence-electron chi connectivity index (χ2n) is 4.97. The number of hydrogen-bond acceptors (Lipinski definition) is 3. The molecule has 0 bridgehead atoms. The molecular formula is C17H16F2N2O2S. The minimum Gasteiger partial charge on any atom is -0.348 e. The van der Waals surface area contributed by atoms with E-state index in [0.717, 1.165) is 5.56 Å². The maximum Gasteiger partial charge on any atom is 0.288 e. The van der Waals surface area contributed by atoms with Crippen molar-refractivity contribution in [3.63, 3.8) is 0 Å². The summed E-state index contributed by atoms with van der Waals surface area (Å²) >= 11 is 0.436. The van der Waals surface area contributed by atoms with Crippen LogP contribution in [0.2, 0.25) is 0 Å². The zero-order valence-corrected chi connectivity index (χ0v) is 13.7. The van der Waals surface area contributed by atoms with E-state index in [4.69, 9.17) is 0 Å². The summed E-state index contributed by atoms with van der Waals surface area (Å²) in [7, 11) is 0. The van der Waals surface area contributed by atoms with Crippen molar-refractivity contribution in [1.29, 1.82) is 0 Å². The van der Waals surface area contributed by atoms with Crippen LogP contribution in [0, 0.1) is 0 Å². The van der Waals surface area contributed by atoms with Crippen LogP contribution < -0.4 is 10.6 Å². The number of thioether (sulfide) groups is 1. The number of benzene rings is 2. The largest absolute Gasteiger partial charge is 0.348 e. The summed E-state index contributed by atoms with van der Waals surface area (Å²) in [5.41, 5.74) is 1.88. The number of anilines is 1. The Bertz CT molecular complexity index is 721. The van der Waals surface area contributed by atoms with Crippen LogP contribution in [-0.2, 0) is 11.3 Å². The van der Waals surface area contributed by atoms with Crippen LogP contribution >= 0.6 is 11.8 Å². The lowest BCUT2D eigenvalue weighted by atomic mass is 10.1. The first-order valence-corrected chi connectivity index (χ1v) is 8.01. The normalized spacial score (nSPS) is 10.5. The van der Waals surface area contributed by atoms with Gasteiger partial charge in [0, 0.05) is 29.6 Å². The third-order valence-corrected chi connectivity index (χ3v) is 3.76. The average Bonchev–Trinajstić information content (AvgIpc) is 2.52. The van der Waals surface area contributed by atoms with Gasteiger partial charge in [0.05, 0.1) is 0 Å². The van der Waals surface area contributed by atoms with Crippen molar-refractivity contribution in [3.8, 4) is 0 Å². The van der Waals surface area contributed by atoms with Gasteiger partial charge in [-0.15, -0.1) is 0 Å². The average molecular weight is 350 g/mol. The van der Waals surface area contributed by atoms with E-state index in [1.54, 1.807) is 18.2 Å². The van der Waals surface area contributed by atoms with Crippen molar-refractivity contribution in [3.05, 3.63) is 59.7 Å². The van der Waals surface area contributed by atoms with Gasteiger partial charge in [0.2, 0.25) is 5.91 Å². The fourth-order valence-electron chi connectivity index (χ4n) is 2.03. The number of alkyl halides is 2. The van der Waals surface area contributed by atoms with Crippen molar-refractivity contribution in [2.75, 3.05) is 5.32 Å². The number of halogens is 2. The van der Waals surface area contributed by atoms with Crippen LogP contribution in [0.15, 0.2) is 53.4 Å². The Hall–Kier alpha value is -2.41. The molecular weight excluding hydrogens is 334 g/mol. The molecule has 0 spiro atoms. The van der Waals surface area contributed by atoms with E-state index in [1.165, 1.54) is 31.2 Å². The van der Waals surface area contributed by atoms with Crippen molar-refractivity contribution in [2.45, 2.75) is 24.1 Å². The summed E-state index contributed by atoms with van der Waals surface area (Å²) in [6.07, 6.45) is 0. The highest BCUT2D eigenvalue weighted by molar-refractivity contribution is 7.99. The number of carbonyl (C=O) groups is 2. The smallest absolute Gasteiger partial charge is 0.288 e. The second kappa shape index (κ2) is 8.44. The molecule has 0 saturated heterocycles. The topological polar surface area (TPSA) is 58.2 Å². The van der Waals surface area contributed by atoms with Crippen molar-refractivity contribution >= 4 is 29.3 Å². The van der Waals surface area contributed by atoms with E-state index in [0.29, 0.717) is 34.5 Å². The summed E-state index contributed by atoms with van der Waals surface area (Å²) in [4.78, 5) is 23.5. The van der Waals surface area contributed by atoms with Crippen molar-refractivity contribution < 1.29 is 18.4 Å². The van der Waals surface area contributed by atoms with E-state index >= 15 is 0 Å². The zero-order chi connectivity index (χ0) is 17.5. The van der Waals surface area contributed by atoms with E-state index in [-0.39, 0.29) is 11.8 Å². The van der Waals surface area contributed by atoms with Crippen LogP contribution in [0.4, 0.5) is 14.5 Å². The predicted molar refractivity (Wildman–Crippen MR) is 90.2 cm³/mol. The van der Waals surface area contributed by atoms with Gasteiger partial charge in [-0.1, -0.05) is 23.9 Å². The Morgan fingerprint density at radius 2 is 1.83 bits per heavy atom. The third-order valence-electron chi connectivity index (χ3n) is 3.04. The van der Waals surface area contributed by atoms with Crippen molar-refractivity contribution in [2.24, 2.45) is 0 Å². The van der Waals surface area contributed by atoms with Crippen LogP contribution in [0.25, 0.3) is 0 Å². The molecule has 2 rings (SSSR count). The Morgan fingerprint density at radius 3 is 2.46 bits per heavy atom. The molecule has 0 aliphatic rings. The highest BCUT2D eigenvalue weighted by Crippen LogP contribution is 2.25. The molecule has 24 heavy (non-hydrogen) atoms. The lowest BCUT2D eigenvalue weighted by molar-refractivity contribution is -0.114. The van der Waals surface area contributed by atoms with E-state index in [2.05, 4.69) is 10.6 Å². The van der Waals surface area contributed by atoms with Gasteiger partial charge in [0.15, 0.2) is 0 Å². The number of nitrogens with one attached hydrogen (secondary N) is 2. The molecule has 126 valence electrons. The lowest BCUT2D eigenvalue weighted by Gasteiger charge is -2.08. The standard InChI is InChI=1S/C17H16F2N2O2S/c1-11(22)21-14-4-2-3-12(9-14)10-20-16(23)13-5-7-15(8-6-13)24-17(18)19/h2-9,17H,10H2,1H3,(H,20,23)(H,21,22). The minimum absolute atomic E-state index is 0.169. The van der Waals surface area contributed by atoms with Gasteiger partial charge in [-0.3, -0.25) is 9.59 Å². The first-order valence-electron chi connectivity index (χ1n) is 7.13. The minimum atomic E-state index is -2.49. The van der Waals surface area contributed by atoms with Crippen LogP contribution in [0.3, 0.4) is 0 Å². The SMILES string of the molecule is CC(=O)Nc1cccc(CNC(=O)c2ccc(SC(F)F)cc2)c1. The number of carbonyl (C=O) groups excluding carboxylic acids is 2. The summed E-state index contributed by atoms with van der Waals surface area (Å²) in [5, 5.41) is 5.42. The molecule has 2 aromatic carbocycles. The van der Waals surface area contributed by atoms with Crippen LogP contribution in [0.5, 0.6) is 0 Å². The molecule has 4 nitrogen and oxygen atoms in total. The van der Waals surface area contributed by atoms with Gasteiger partial charge in [-0.05, 0) is 42.0 Å². The molecule has 0 fully saturated rings. The molecule has 2 aromatic rings. The molecule has 2 amide bonds. The first-order chi connectivity index (χ1) is 11.4. The molecule has 2 N–H and O–H groups in total. The summed E-state index contributed by atoms with van der Waals surface area (Å²) in [5.74, 6) is -2.95. The maximum absolute atomic E-state index is 12.3. The van der Waals surface area contributed by atoms with Crippen LogP contribution in [0.1, 0.15) is 22.8 Å². The Morgan fingerprint density at radius 1 is 1.12 bits per heavy atom. The molecule has 0 atom stereocenters.